The fourth-order valence-corrected chi connectivity index (χ4v) is 1.32. The Kier molecular flexibility index (Phi) is 3.94. The molecule has 0 saturated heterocycles. The van der Waals surface area contributed by atoms with Crippen molar-refractivity contribution in [3.05, 3.63) is 53.8 Å². The van der Waals surface area contributed by atoms with Gasteiger partial charge in [-0.1, -0.05) is 36.4 Å². The van der Waals surface area contributed by atoms with E-state index < -0.39 is 0 Å². The highest BCUT2D eigenvalue weighted by Crippen LogP contribution is 2.14. The molecule has 0 bridgehead atoms. The summed E-state index contributed by atoms with van der Waals surface area (Å²) < 4.78 is 10.4. The van der Waals surface area contributed by atoms with E-state index >= 15 is 0 Å². The average molecular weight is 231 g/mol. The second kappa shape index (κ2) is 5.86. The normalized spacial score (nSPS) is 10.9. The van der Waals surface area contributed by atoms with Crippen LogP contribution in [0, 0.1) is 0 Å². The first kappa shape index (κ1) is 11.4. The van der Waals surface area contributed by atoms with Crippen LogP contribution in [0.2, 0.25) is 0 Å². The number of hydrogen-bond donors (Lipinski definition) is 1. The van der Waals surface area contributed by atoms with E-state index in [1.54, 1.807) is 18.2 Å². The van der Waals surface area contributed by atoms with Gasteiger partial charge in [0.05, 0.1) is 6.61 Å². The summed E-state index contributed by atoms with van der Waals surface area (Å²) in [6.45, 7) is 0.428. The standard InChI is InChI=1S/C13H13NO3/c15-8-4-7-12-9-13(14-17-12)16-10-11-5-2-1-3-6-11/h1-7,9,15H,8,10H2/b7-4+. The third-order valence-electron chi connectivity index (χ3n) is 2.12. The summed E-state index contributed by atoms with van der Waals surface area (Å²) in [6.07, 6.45) is 3.21. The molecule has 2 aromatic rings. The van der Waals surface area contributed by atoms with E-state index in [1.165, 1.54) is 0 Å². The Labute approximate surface area is 99.1 Å². The van der Waals surface area contributed by atoms with Crippen LogP contribution in [-0.4, -0.2) is 16.9 Å². The molecule has 1 heterocycles. The molecule has 1 aromatic heterocycles. The Morgan fingerprint density at radius 3 is 2.88 bits per heavy atom. The van der Waals surface area contributed by atoms with Gasteiger partial charge in [-0.15, -0.1) is 0 Å². The first-order valence-electron chi connectivity index (χ1n) is 5.29. The van der Waals surface area contributed by atoms with Gasteiger partial charge in [-0.25, -0.2) is 0 Å². The van der Waals surface area contributed by atoms with Crippen molar-refractivity contribution in [2.24, 2.45) is 0 Å². The Morgan fingerprint density at radius 1 is 1.29 bits per heavy atom. The molecule has 0 aliphatic rings. The monoisotopic (exact) mass is 231 g/mol. The molecular weight excluding hydrogens is 218 g/mol. The maximum absolute atomic E-state index is 8.61. The van der Waals surface area contributed by atoms with Crippen molar-refractivity contribution >= 4 is 6.08 Å². The third kappa shape index (κ3) is 3.46. The van der Waals surface area contributed by atoms with Gasteiger partial charge in [0.1, 0.15) is 6.61 Å². The molecule has 17 heavy (non-hydrogen) atoms. The van der Waals surface area contributed by atoms with Gasteiger partial charge in [0.2, 0.25) is 0 Å². The van der Waals surface area contributed by atoms with Crippen LogP contribution in [0.3, 0.4) is 0 Å². The summed E-state index contributed by atoms with van der Waals surface area (Å²) in [4.78, 5) is 0. The zero-order valence-corrected chi connectivity index (χ0v) is 9.24. The zero-order chi connectivity index (χ0) is 11.9. The lowest BCUT2D eigenvalue weighted by Crippen LogP contribution is -1.94. The van der Waals surface area contributed by atoms with Crippen molar-refractivity contribution in [2.75, 3.05) is 6.61 Å². The lowest BCUT2D eigenvalue weighted by atomic mass is 10.2. The summed E-state index contributed by atoms with van der Waals surface area (Å²) in [7, 11) is 0. The van der Waals surface area contributed by atoms with Gasteiger partial charge in [0.25, 0.3) is 5.88 Å². The number of rotatable bonds is 5. The second-order valence-electron chi connectivity index (χ2n) is 3.43. The smallest absolute Gasteiger partial charge is 0.255 e. The van der Waals surface area contributed by atoms with Gasteiger partial charge in [-0.2, -0.15) is 0 Å². The lowest BCUT2D eigenvalue weighted by Gasteiger charge is -2.00. The highest BCUT2D eigenvalue weighted by Gasteiger charge is 2.02. The van der Waals surface area contributed by atoms with Crippen molar-refractivity contribution in [1.82, 2.24) is 5.16 Å². The van der Waals surface area contributed by atoms with Gasteiger partial charge >= 0.3 is 0 Å². The SMILES string of the molecule is OC/C=C/c1cc(OCc2ccccc2)no1. The highest BCUT2D eigenvalue weighted by molar-refractivity contribution is 5.43. The Morgan fingerprint density at radius 2 is 2.12 bits per heavy atom. The van der Waals surface area contributed by atoms with Crippen LogP contribution in [0.4, 0.5) is 0 Å². The first-order chi connectivity index (χ1) is 8.38. The maximum Gasteiger partial charge on any atom is 0.255 e. The van der Waals surface area contributed by atoms with Crippen molar-refractivity contribution < 1.29 is 14.4 Å². The molecule has 0 atom stereocenters. The van der Waals surface area contributed by atoms with Crippen molar-refractivity contribution in [2.45, 2.75) is 6.61 Å². The quantitative estimate of drug-likeness (QED) is 0.857. The molecule has 4 nitrogen and oxygen atoms in total. The number of aromatic nitrogens is 1. The van der Waals surface area contributed by atoms with Crippen LogP contribution in [-0.2, 0) is 6.61 Å². The topological polar surface area (TPSA) is 55.5 Å². The Balaban J connectivity index is 1.91. The molecule has 2 rings (SSSR count). The van der Waals surface area contributed by atoms with Crippen LogP contribution in [0.15, 0.2) is 47.0 Å². The molecule has 1 N–H and O–H groups in total. The van der Waals surface area contributed by atoms with E-state index in [9.17, 15) is 0 Å². The molecule has 0 saturated carbocycles. The molecule has 0 unspecified atom stereocenters. The largest absolute Gasteiger partial charge is 0.471 e. The number of benzene rings is 1. The van der Waals surface area contributed by atoms with E-state index in [0.717, 1.165) is 5.56 Å². The minimum Gasteiger partial charge on any atom is -0.471 e. The molecule has 0 aliphatic heterocycles. The zero-order valence-electron chi connectivity index (χ0n) is 9.24. The van der Waals surface area contributed by atoms with E-state index in [1.807, 2.05) is 30.3 Å². The summed E-state index contributed by atoms with van der Waals surface area (Å²) in [5, 5.41) is 12.4. The van der Waals surface area contributed by atoms with Gasteiger partial charge in [-0.3, -0.25) is 0 Å². The van der Waals surface area contributed by atoms with E-state index in [2.05, 4.69) is 5.16 Å². The fraction of sp³-hybridized carbons (Fsp3) is 0.154. The van der Waals surface area contributed by atoms with Crippen LogP contribution in [0.25, 0.3) is 6.08 Å². The molecule has 0 radical (unpaired) electrons. The first-order valence-corrected chi connectivity index (χ1v) is 5.29. The lowest BCUT2D eigenvalue weighted by molar-refractivity contribution is 0.268. The molecule has 0 amide bonds. The molecule has 4 heteroatoms. The minimum atomic E-state index is -0.0269. The number of aliphatic hydroxyl groups excluding tert-OH is 1. The van der Waals surface area contributed by atoms with Gasteiger partial charge in [-0.05, 0) is 16.8 Å². The van der Waals surface area contributed by atoms with Crippen molar-refractivity contribution in [3.8, 4) is 5.88 Å². The molecule has 0 aliphatic carbocycles. The van der Waals surface area contributed by atoms with Crippen LogP contribution in [0.5, 0.6) is 5.88 Å². The molecular formula is C13H13NO3. The van der Waals surface area contributed by atoms with Crippen LogP contribution in [0.1, 0.15) is 11.3 Å². The van der Waals surface area contributed by atoms with E-state index in [4.69, 9.17) is 14.4 Å². The number of hydrogen-bond acceptors (Lipinski definition) is 4. The summed E-state index contributed by atoms with van der Waals surface area (Å²) >= 11 is 0. The van der Waals surface area contributed by atoms with Crippen molar-refractivity contribution in [1.29, 1.82) is 0 Å². The second-order valence-corrected chi connectivity index (χ2v) is 3.43. The van der Waals surface area contributed by atoms with Gasteiger partial charge in [0.15, 0.2) is 5.76 Å². The highest BCUT2D eigenvalue weighted by atomic mass is 16.5. The number of aliphatic hydroxyl groups is 1. The molecule has 1 aromatic carbocycles. The predicted octanol–water partition coefficient (Wildman–Crippen LogP) is 2.26. The number of ether oxygens (including phenoxy) is 1. The van der Waals surface area contributed by atoms with E-state index in [-0.39, 0.29) is 6.61 Å². The maximum atomic E-state index is 8.61. The Hall–Kier alpha value is -2.07. The average Bonchev–Trinajstić information content (AvgIpc) is 2.83. The summed E-state index contributed by atoms with van der Waals surface area (Å²) in [5.41, 5.74) is 1.07. The number of nitrogens with zero attached hydrogens (tertiary/aromatic N) is 1. The Bertz CT molecular complexity index is 476. The van der Waals surface area contributed by atoms with Crippen LogP contribution >= 0.6 is 0 Å². The summed E-state index contributed by atoms with van der Waals surface area (Å²) in [6, 6.07) is 11.5. The van der Waals surface area contributed by atoms with Gasteiger partial charge in [0, 0.05) is 6.07 Å². The summed E-state index contributed by atoms with van der Waals surface area (Å²) in [5.74, 6) is 0.994. The molecule has 0 spiro atoms. The minimum absolute atomic E-state index is 0.0269. The fourth-order valence-electron chi connectivity index (χ4n) is 1.32. The molecule has 88 valence electrons. The van der Waals surface area contributed by atoms with Crippen molar-refractivity contribution in [3.63, 3.8) is 0 Å². The predicted molar refractivity (Wildman–Crippen MR) is 63.4 cm³/mol. The third-order valence-corrected chi connectivity index (χ3v) is 2.12. The van der Waals surface area contributed by atoms with Crippen LogP contribution < -0.4 is 4.74 Å². The van der Waals surface area contributed by atoms with E-state index in [0.29, 0.717) is 18.2 Å². The molecule has 0 fully saturated rings. The van der Waals surface area contributed by atoms with Gasteiger partial charge < -0.3 is 14.4 Å².